The molecule has 1 amide bonds. The van der Waals surface area contributed by atoms with Crippen LogP contribution in [0.4, 0.5) is 5.69 Å². The third-order valence-electron chi connectivity index (χ3n) is 4.35. The van der Waals surface area contributed by atoms with E-state index in [1.807, 2.05) is 0 Å². The molecule has 1 aliphatic carbocycles. The molecule has 1 unspecified atom stereocenters. The number of benzene rings is 2. The minimum absolute atomic E-state index is 0.0672. The summed E-state index contributed by atoms with van der Waals surface area (Å²) in [5.41, 5.74) is 3.05. The van der Waals surface area contributed by atoms with Crippen LogP contribution in [0, 0.1) is 10.1 Å². The average molecular weight is 310 g/mol. The van der Waals surface area contributed by atoms with Crippen molar-refractivity contribution in [1.82, 2.24) is 5.32 Å². The number of carbonyl (C=O) groups excluding carboxylic acids is 1. The van der Waals surface area contributed by atoms with Gasteiger partial charge < -0.3 is 5.32 Å². The number of amides is 1. The van der Waals surface area contributed by atoms with Crippen molar-refractivity contribution >= 4 is 11.6 Å². The van der Waals surface area contributed by atoms with Gasteiger partial charge in [-0.05, 0) is 42.4 Å². The molecule has 0 aliphatic heterocycles. The summed E-state index contributed by atoms with van der Waals surface area (Å²) >= 11 is 0. The summed E-state index contributed by atoms with van der Waals surface area (Å²) in [6.45, 7) is 0.570. The van der Waals surface area contributed by atoms with Crippen LogP contribution in [0.1, 0.15) is 40.2 Å². The van der Waals surface area contributed by atoms with E-state index in [0.717, 1.165) is 19.3 Å². The minimum atomic E-state index is -0.494. The van der Waals surface area contributed by atoms with Gasteiger partial charge in [0.05, 0.1) is 4.92 Å². The van der Waals surface area contributed by atoms with Crippen molar-refractivity contribution in [3.8, 4) is 0 Å². The summed E-state index contributed by atoms with van der Waals surface area (Å²) in [6, 6.07) is 14.2. The normalized spacial score (nSPS) is 15.9. The largest absolute Gasteiger partial charge is 0.352 e. The van der Waals surface area contributed by atoms with E-state index in [1.165, 1.54) is 29.3 Å². The highest BCUT2D eigenvalue weighted by molar-refractivity contribution is 5.94. The van der Waals surface area contributed by atoms with Gasteiger partial charge in [-0.3, -0.25) is 14.9 Å². The van der Waals surface area contributed by atoms with Crippen molar-refractivity contribution < 1.29 is 9.72 Å². The number of rotatable bonds is 5. The Morgan fingerprint density at radius 2 is 2.04 bits per heavy atom. The van der Waals surface area contributed by atoms with Gasteiger partial charge in [0, 0.05) is 24.2 Å². The van der Waals surface area contributed by atoms with Gasteiger partial charge >= 0.3 is 0 Å². The predicted octanol–water partition coefficient (Wildman–Crippen LogP) is 3.44. The Morgan fingerprint density at radius 1 is 1.22 bits per heavy atom. The van der Waals surface area contributed by atoms with Crippen molar-refractivity contribution in [2.45, 2.75) is 25.2 Å². The number of nitrogens with one attached hydrogen (secondary N) is 1. The van der Waals surface area contributed by atoms with E-state index in [2.05, 4.69) is 29.6 Å². The molecule has 2 aromatic carbocycles. The zero-order chi connectivity index (χ0) is 16.2. The fraction of sp³-hybridized carbons (Fsp3) is 0.278. The molecule has 118 valence electrons. The maximum absolute atomic E-state index is 12.1. The average Bonchev–Trinajstić information content (AvgIpc) is 2.98. The van der Waals surface area contributed by atoms with Crippen LogP contribution in [0.15, 0.2) is 48.5 Å². The first kappa shape index (κ1) is 15.2. The fourth-order valence-corrected chi connectivity index (χ4v) is 3.17. The zero-order valence-corrected chi connectivity index (χ0v) is 12.7. The summed E-state index contributed by atoms with van der Waals surface area (Å²) < 4.78 is 0. The monoisotopic (exact) mass is 310 g/mol. The van der Waals surface area contributed by atoms with Crippen LogP contribution in [-0.2, 0) is 6.42 Å². The topological polar surface area (TPSA) is 72.2 Å². The molecular weight excluding hydrogens is 292 g/mol. The van der Waals surface area contributed by atoms with E-state index >= 15 is 0 Å². The molecule has 0 spiro atoms. The Morgan fingerprint density at radius 3 is 2.87 bits per heavy atom. The zero-order valence-electron chi connectivity index (χ0n) is 12.7. The van der Waals surface area contributed by atoms with Crippen LogP contribution in [0.2, 0.25) is 0 Å². The Labute approximate surface area is 134 Å². The SMILES string of the molecule is O=C(NCCC1CCc2ccccc21)c1cccc([N+](=O)[O-])c1. The summed E-state index contributed by atoms with van der Waals surface area (Å²) in [7, 11) is 0. The number of hydrogen-bond donors (Lipinski definition) is 1. The molecule has 1 atom stereocenters. The quantitative estimate of drug-likeness (QED) is 0.679. The summed E-state index contributed by atoms with van der Waals surface area (Å²) in [5.74, 6) is 0.219. The van der Waals surface area contributed by atoms with E-state index in [4.69, 9.17) is 0 Å². The van der Waals surface area contributed by atoms with Crippen LogP contribution < -0.4 is 5.32 Å². The molecule has 5 heteroatoms. The first-order valence-corrected chi connectivity index (χ1v) is 7.75. The molecule has 23 heavy (non-hydrogen) atoms. The number of nitrogens with zero attached hydrogens (tertiary/aromatic N) is 1. The Kier molecular flexibility index (Phi) is 4.37. The van der Waals surface area contributed by atoms with Gasteiger partial charge in [-0.1, -0.05) is 30.3 Å². The molecule has 1 aliphatic rings. The first-order valence-electron chi connectivity index (χ1n) is 7.75. The lowest BCUT2D eigenvalue weighted by Crippen LogP contribution is -2.25. The third kappa shape index (κ3) is 3.39. The molecule has 0 saturated heterocycles. The highest BCUT2D eigenvalue weighted by Gasteiger charge is 2.21. The van der Waals surface area contributed by atoms with Crippen LogP contribution in [0.3, 0.4) is 0 Å². The van der Waals surface area contributed by atoms with Gasteiger partial charge in [-0.25, -0.2) is 0 Å². The van der Waals surface area contributed by atoms with Gasteiger partial charge in [0.1, 0.15) is 0 Å². The van der Waals surface area contributed by atoms with Crippen molar-refractivity contribution in [3.05, 3.63) is 75.3 Å². The van der Waals surface area contributed by atoms with Gasteiger partial charge in [-0.2, -0.15) is 0 Å². The lowest BCUT2D eigenvalue weighted by Gasteiger charge is -2.12. The number of carbonyl (C=O) groups is 1. The first-order chi connectivity index (χ1) is 11.1. The maximum Gasteiger partial charge on any atom is 0.270 e. The van der Waals surface area contributed by atoms with Crippen molar-refractivity contribution in [2.75, 3.05) is 6.54 Å². The molecule has 0 heterocycles. The maximum atomic E-state index is 12.1. The number of aryl methyl sites for hydroxylation is 1. The molecule has 0 fully saturated rings. The van der Waals surface area contributed by atoms with E-state index < -0.39 is 4.92 Å². The van der Waals surface area contributed by atoms with Crippen molar-refractivity contribution in [3.63, 3.8) is 0 Å². The molecule has 3 rings (SSSR count). The summed E-state index contributed by atoms with van der Waals surface area (Å²) in [4.78, 5) is 22.4. The van der Waals surface area contributed by atoms with Crippen LogP contribution in [-0.4, -0.2) is 17.4 Å². The Balaban J connectivity index is 1.56. The molecular formula is C18H18N2O3. The van der Waals surface area contributed by atoms with Gasteiger partial charge in [0.15, 0.2) is 0 Å². The van der Waals surface area contributed by atoms with Gasteiger partial charge in [-0.15, -0.1) is 0 Å². The fourth-order valence-electron chi connectivity index (χ4n) is 3.17. The number of nitro benzene ring substituents is 1. The van der Waals surface area contributed by atoms with Crippen molar-refractivity contribution in [2.24, 2.45) is 0 Å². The number of nitro groups is 1. The third-order valence-corrected chi connectivity index (χ3v) is 4.35. The molecule has 5 nitrogen and oxygen atoms in total. The Hall–Kier alpha value is -2.69. The van der Waals surface area contributed by atoms with Crippen LogP contribution in [0.5, 0.6) is 0 Å². The number of hydrogen-bond acceptors (Lipinski definition) is 3. The van der Waals surface area contributed by atoms with Crippen LogP contribution in [0.25, 0.3) is 0 Å². The van der Waals surface area contributed by atoms with Gasteiger partial charge in [0.25, 0.3) is 11.6 Å². The minimum Gasteiger partial charge on any atom is -0.352 e. The smallest absolute Gasteiger partial charge is 0.270 e. The highest BCUT2D eigenvalue weighted by Crippen LogP contribution is 2.34. The predicted molar refractivity (Wildman–Crippen MR) is 87.6 cm³/mol. The lowest BCUT2D eigenvalue weighted by atomic mass is 9.98. The molecule has 0 saturated carbocycles. The second kappa shape index (κ2) is 6.60. The van der Waals surface area contributed by atoms with E-state index in [0.29, 0.717) is 18.0 Å². The molecule has 1 N–H and O–H groups in total. The van der Waals surface area contributed by atoms with Gasteiger partial charge in [0.2, 0.25) is 0 Å². The van der Waals surface area contributed by atoms with Crippen molar-refractivity contribution in [1.29, 1.82) is 0 Å². The molecule has 2 aromatic rings. The summed E-state index contributed by atoms with van der Waals surface area (Å²) in [5, 5.41) is 13.6. The molecule has 0 bridgehead atoms. The number of fused-ring (bicyclic) bond motifs is 1. The Bertz CT molecular complexity index is 743. The molecule has 0 aromatic heterocycles. The second-order valence-electron chi connectivity index (χ2n) is 5.79. The van der Waals surface area contributed by atoms with E-state index in [1.54, 1.807) is 6.07 Å². The van der Waals surface area contributed by atoms with Crippen LogP contribution >= 0.6 is 0 Å². The molecule has 0 radical (unpaired) electrons. The second-order valence-corrected chi connectivity index (χ2v) is 5.79. The lowest BCUT2D eigenvalue weighted by molar-refractivity contribution is -0.384. The standard InChI is InChI=1S/C18H18N2O3/c21-18(15-5-3-6-16(12-15)20(22)23)19-11-10-14-9-8-13-4-1-2-7-17(13)14/h1-7,12,14H,8-11H2,(H,19,21). The van der Waals surface area contributed by atoms with E-state index in [9.17, 15) is 14.9 Å². The summed E-state index contributed by atoms with van der Waals surface area (Å²) in [6.07, 6.45) is 3.10. The number of non-ortho nitro benzene ring substituents is 1. The van der Waals surface area contributed by atoms with E-state index in [-0.39, 0.29) is 11.6 Å². The highest BCUT2D eigenvalue weighted by atomic mass is 16.6.